The van der Waals surface area contributed by atoms with Crippen molar-refractivity contribution in [2.24, 2.45) is 16.8 Å². The Morgan fingerprint density at radius 3 is 2.35 bits per heavy atom. The van der Waals surface area contributed by atoms with Crippen molar-refractivity contribution in [2.75, 3.05) is 27.4 Å². The van der Waals surface area contributed by atoms with E-state index in [9.17, 15) is 14.7 Å². The molecule has 0 amide bonds. The number of halogens is 1. The van der Waals surface area contributed by atoms with Crippen molar-refractivity contribution in [3.63, 3.8) is 0 Å². The van der Waals surface area contributed by atoms with Crippen LogP contribution >= 0.6 is 0 Å². The summed E-state index contributed by atoms with van der Waals surface area (Å²) in [6.45, 7) is 13.7. The third kappa shape index (κ3) is 8.81. The molecule has 7 nitrogen and oxygen atoms in total. The van der Waals surface area contributed by atoms with Gasteiger partial charge in [0.1, 0.15) is 17.0 Å². The quantitative estimate of drug-likeness (QED) is 0.356. The normalized spacial score (nSPS) is 16.3. The molecule has 1 heterocycles. The van der Waals surface area contributed by atoms with Gasteiger partial charge in [0.2, 0.25) is 5.43 Å². The van der Waals surface area contributed by atoms with E-state index < -0.39 is 22.8 Å². The fraction of sp³-hybridized carbons (Fsp3) is 0.552. The summed E-state index contributed by atoms with van der Waals surface area (Å²) in [5.74, 6) is -1.26. The van der Waals surface area contributed by atoms with Crippen molar-refractivity contribution in [1.82, 2.24) is 4.57 Å². The first kappa shape index (κ1) is 32.0. The maximum atomic E-state index is 15.6. The summed E-state index contributed by atoms with van der Waals surface area (Å²) < 4.78 is 28.1. The second-order valence-electron chi connectivity index (χ2n) is 9.56. The summed E-state index contributed by atoms with van der Waals surface area (Å²) in [5, 5.41) is 9.40. The number of allylic oxidation sites excluding steroid dienone is 5. The highest BCUT2D eigenvalue weighted by atomic mass is 19.1. The highest BCUT2D eigenvalue weighted by molar-refractivity contribution is 6.18. The molecule has 0 saturated carbocycles. The van der Waals surface area contributed by atoms with Gasteiger partial charge in [-0.2, -0.15) is 0 Å². The highest BCUT2D eigenvalue weighted by Gasteiger charge is 2.29. The molecule has 0 bridgehead atoms. The van der Waals surface area contributed by atoms with Crippen LogP contribution in [0.15, 0.2) is 45.5 Å². The number of pyridine rings is 1. The minimum Gasteiger partial charge on any atom is -0.491 e. The number of rotatable bonds is 11. The Morgan fingerprint density at radius 1 is 1.19 bits per heavy atom. The molecule has 1 atom stereocenters. The van der Waals surface area contributed by atoms with E-state index in [0.29, 0.717) is 61.6 Å². The van der Waals surface area contributed by atoms with Crippen LogP contribution in [0.25, 0.3) is 5.57 Å². The van der Waals surface area contributed by atoms with Crippen LogP contribution in [0.2, 0.25) is 0 Å². The summed E-state index contributed by atoms with van der Waals surface area (Å²) in [6, 6.07) is 0. The molecule has 0 saturated heterocycles. The molecule has 8 heteroatoms. The molecule has 1 aromatic heterocycles. The minimum absolute atomic E-state index is 0.0997. The van der Waals surface area contributed by atoms with E-state index in [-0.39, 0.29) is 11.6 Å². The molecule has 1 unspecified atom stereocenters. The Morgan fingerprint density at radius 2 is 1.84 bits per heavy atom. The largest absolute Gasteiger partial charge is 0.491 e. The van der Waals surface area contributed by atoms with Crippen molar-refractivity contribution >= 4 is 17.3 Å². The summed E-state index contributed by atoms with van der Waals surface area (Å²) in [7, 11) is 3.26. The minimum atomic E-state index is -1.45. The van der Waals surface area contributed by atoms with Crippen LogP contribution in [0.1, 0.15) is 76.9 Å². The number of carboxylic acid groups (broad SMARTS) is 1. The molecule has 0 fully saturated rings. The number of aryl methyl sites for hydroxylation is 1. The molecule has 37 heavy (non-hydrogen) atoms. The smallest absolute Gasteiger partial charge is 0.341 e. The summed E-state index contributed by atoms with van der Waals surface area (Å²) >= 11 is 0. The van der Waals surface area contributed by atoms with E-state index in [1.54, 1.807) is 20.2 Å². The van der Waals surface area contributed by atoms with Gasteiger partial charge in [-0.25, -0.2) is 9.18 Å². The molecule has 1 N–H and O–H groups in total. The lowest BCUT2D eigenvalue weighted by Crippen LogP contribution is -2.27. The Bertz CT molecular complexity index is 1090. The molecular weight excluding hydrogens is 475 g/mol. The van der Waals surface area contributed by atoms with Crippen molar-refractivity contribution < 1.29 is 23.8 Å². The molecule has 0 spiro atoms. The van der Waals surface area contributed by atoms with Gasteiger partial charge in [0.05, 0.1) is 12.3 Å². The van der Waals surface area contributed by atoms with Gasteiger partial charge in [-0.15, -0.1) is 0 Å². The number of aliphatic imine (C=N–C) groups is 1. The maximum Gasteiger partial charge on any atom is 0.341 e. The third-order valence-corrected chi connectivity index (χ3v) is 5.54. The number of carboxylic acids is 1. The number of hydrogen-bond donors (Lipinski definition) is 1. The number of aromatic carboxylic acids is 1. The molecular formula is C29H43FN2O5. The lowest BCUT2D eigenvalue weighted by atomic mass is 9.85. The van der Waals surface area contributed by atoms with Crippen molar-refractivity contribution in [3.05, 3.63) is 63.1 Å². The second kappa shape index (κ2) is 16.0. The molecule has 206 valence electrons. The van der Waals surface area contributed by atoms with Gasteiger partial charge in [0.25, 0.3) is 0 Å². The zero-order valence-electron chi connectivity index (χ0n) is 23.6. The number of carbonyl (C=O) groups is 1. The van der Waals surface area contributed by atoms with Crippen molar-refractivity contribution in [2.45, 2.75) is 67.3 Å². The van der Waals surface area contributed by atoms with Gasteiger partial charge < -0.3 is 19.1 Å². The van der Waals surface area contributed by atoms with Crippen molar-refractivity contribution in [3.8, 4) is 0 Å². The number of methoxy groups -OCH3 is 1. The molecule has 0 aromatic carbocycles. The second-order valence-corrected chi connectivity index (χ2v) is 9.56. The van der Waals surface area contributed by atoms with E-state index in [1.165, 1.54) is 10.8 Å². The predicted octanol–water partition coefficient (Wildman–Crippen LogP) is 6.14. The van der Waals surface area contributed by atoms with E-state index in [4.69, 9.17) is 9.47 Å². The average molecular weight is 519 g/mol. The molecule has 1 aliphatic carbocycles. The monoisotopic (exact) mass is 518 g/mol. The van der Waals surface area contributed by atoms with Crippen LogP contribution in [-0.4, -0.2) is 48.7 Å². The molecule has 0 aliphatic heterocycles. The zero-order chi connectivity index (χ0) is 28.1. The van der Waals surface area contributed by atoms with Crippen LogP contribution in [0.4, 0.5) is 4.39 Å². The van der Waals surface area contributed by atoms with E-state index in [2.05, 4.69) is 25.8 Å². The van der Waals surface area contributed by atoms with Gasteiger partial charge in [-0.1, -0.05) is 53.7 Å². The third-order valence-electron chi connectivity index (χ3n) is 5.54. The van der Waals surface area contributed by atoms with E-state index >= 15 is 4.39 Å². The van der Waals surface area contributed by atoms with Crippen molar-refractivity contribution in [1.29, 1.82) is 0 Å². The van der Waals surface area contributed by atoms with Crippen LogP contribution in [0.3, 0.4) is 0 Å². The van der Waals surface area contributed by atoms with Gasteiger partial charge in [0, 0.05) is 45.5 Å². The maximum absolute atomic E-state index is 15.6. The molecule has 0 radical (unpaired) electrons. The van der Waals surface area contributed by atoms with Gasteiger partial charge in [-0.05, 0) is 36.3 Å². The topological polar surface area (TPSA) is 90.1 Å². The Hall–Kier alpha value is -3.00. The lowest BCUT2D eigenvalue weighted by molar-refractivity contribution is 0.0693. The number of ether oxygens (including phenoxy) is 2. The first-order valence-corrected chi connectivity index (χ1v) is 12.9. The van der Waals surface area contributed by atoms with Crippen LogP contribution in [0.5, 0.6) is 0 Å². The van der Waals surface area contributed by atoms with Gasteiger partial charge >= 0.3 is 5.97 Å². The summed E-state index contributed by atoms with van der Waals surface area (Å²) in [5.41, 5.74) is 0.212. The molecule has 1 aromatic rings. The fourth-order valence-electron chi connectivity index (χ4n) is 3.78. The zero-order valence-corrected chi connectivity index (χ0v) is 23.6. The summed E-state index contributed by atoms with van der Waals surface area (Å²) in [4.78, 5) is 28.6. The number of aromatic nitrogens is 1. The Labute approximate surface area is 220 Å². The van der Waals surface area contributed by atoms with E-state index in [1.807, 2.05) is 32.9 Å². The summed E-state index contributed by atoms with van der Waals surface area (Å²) in [6.07, 6.45) is 8.69. The Balaban J connectivity index is 0.00000159. The van der Waals surface area contributed by atoms with Crippen LogP contribution in [0, 0.1) is 17.7 Å². The van der Waals surface area contributed by atoms with E-state index in [0.717, 1.165) is 5.92 Å². The first-order valence-electron chi connectivity index (χ1n) is 12.9. The molecule has 2 rings (SSSR count). The fourth-order valence-corrected chi connectivity index (χ4v) is 3.78. The average Bonchev–Trinajstić information content (AvgIpc) is 2.85. The van der Waals surface area contributed by atoms with Gasteiger partial charge in [-0.3, -0.25) is 9.79 Å². The standard InChI is InChI=1S/C25H33FN2O5.C4H10/c1-6-12-28-15-18(25(30)31)24(29)21(26)23(28)20(16(3)7-2)17-10-8-11-19(22(17)27-4)33-14-9-13-32-5;1-4(2)3/h8,10-11,15-16H,6-7,9,12-14H2,1-5H3,(H,30,31);4H,1-3H3/b20-17+,27-22?;. The Kier molecular flexibility index (Phi) is 13.8. The van der Waals surface area contributed by atoms with Crippen LogP contribution in [-0.2, 0) is 16.0 Å². The highest BCUT2D eigenvalue weighted by Crippen LogP contribution is 2.34. The first-order chi connectivity index (χ1) is 17.5. The SMILES string of the molecule is CC(C)C.CCCn1cc(C(=O)O)c(=O)c(F)c1/C(=C1\C=CC=C(OCCCOC)C1=NC)C(C)CC. The lowest BCUT2D eigenvalue weighted by Gasteiger charge is -2.26. The number of hydrogen-bond acceptors (Lipinski definition) is 5. The predicted molar refractivity (Wildman–Crippen MR) is 148 cm³/mol. The molecule has 1 aliphatic rings. The number of nitrogens with zero attached hydrogens (tertiary/aromatic N) is 2. The van der Waals surface area contributed by atoms with Crippen LogP contribution < -0.4 is 5.43 Å². The van der Waals surface area contributed by atoms with Gasteiger partial charge in [0.15, 0.2) is 5.82 Å².